The van der Waals surface area contributed by atoms with Crippen molar-refractivity contribution in [1.82, 2.24) is 24.8 Å². The summed E-state index contributed by atoms with van der Waals surface area (Å²) >= 11 is 0. The van der Waals surface area contributed by atoms with Gasteiger partial charge in [0.2, 0.25) is 11.9 Å². The van der Waals surface area contributed by atoms with E-state index in [4.69, 9.17) is 30.8 Å². The number of H-pyrrole nitrogens is 1. The Hall–Kier alpha value is -4.51. The first kappa shape index (κ1) is 29.7. The molecule has 38 heavy (non-hydrogen) atoms. The van der Waals surface area contributed by atoms with E-state index in [1.54, 1.807) is 0 Å². The van der Waals surface area contributed by atoms with E-state index in [1.807, 2.05) is 30.3 Å². The Morgan fingerprint density at radius 3 is 2.47 bits per heavy atom. The second-order valence-electron chi connectivity index (χ2n) is 7.41. The molecule has 17 heteroatoms. The number of imidazole rings is 1. The normalized spacial score (nSPS) is 11.8. The molecule has 3 aromatic rings. The number of nitrogens with two attached hydrogens (primary N) is 2. The molecule has 0 bridgehead atoms. The molecule has 0 saturated heterocycles. The number of aromatic amines is 1. The van der Waals surface area contributed by atoms with Gasteiger partial charge in [-0.05, 0) is 12.0 Å². The summed E-state index contributed by atoms with van der Waals surface area (Å²) in [4.78, 5) is 54.7. The van der Waals surface area contributed by atoms with Crippen LogP contribution in [0.2, 0.25) is 0 Å². The summed E-state index contributed by atoms with van der Waals surface area (Å²) in [6.45, 7) is -0.187. The molecule has 2 aromatic heterocycles. The summed E-state index contributed by atoms with van der Waals surface area (Å²) in [5.74, 6) is -3.84. The zero-order valence-electron chi connectivity index (χ0n) is 19.6. The molecule has 0 aliphatic rings. The fraction of sp³-hybridized carbons (Fsp3) is 0.333. The number of rotatable bonds is 10. The van der Waals surface area contributed by atoms with E-state index in [2.05, 4.69) is 20.3 Å². The topological polar surface area (TPSA) is 218 Å². The number of halogens is 3. The molecule has 2 heterocycles. The van der Waals surface area contributed by atoms with Crippen LogP contribution in [0, 0.1) is 0 Å². The van der Waals surface area contributed by atoms with Crippen molar-refractivity contribution in [3.63, 3.8) is 0 Å². The maximum atomic E-state index is 12.0. The Kier molecular flexibility index (Phi) is 10.7. The van der Waals surface area contributed by atoms with Gasteiger partial charge in [-0.15, -0.1) is 0 Å². The number of aromatic nitrogens is 4. The summed E-state index contributed by atoms with van der Waals surface area (Å²) in [5.41, 5.74) is 12.3. The maximum absolute atomic E-state index is 12.0. The van der Waals surface area contributed by atoms with Crippen LogP contribution in [0.5, 0.6) is 0 Å². The van der Waals surface area contributed by atoms with Gasteiger partial charge in [0.1, 0.15) is 19.9 Å². The summed E-state index contributed by atoms with van der Waals surface area (Å²) in [6.07, 6.45) is -3.32. The van der Waals surface area contributed by atoms with Crippen LogP contribution in [-0.2, 0) is 37.0 Å². The number of carbonyl (C=O) groups is 3. The van der Waals surface area contributed by atoms with Crippen LogP contribution in [0.1, 0.15) is 5.56 Å². The summed E-state index contributed by atoms with van der Waals surface area (Å²) in [7, 11) is 0. The largest absolute Gasteiger partial charge is 0.490 e. The second kappa shape index (κ2) is 13.7. The maximum Gasteiger partial charge on any atom is 0.490 e. The zero-order chi connectivity index (χ0) is 28.3. The van der Waals surface area contributed by atoms with Crippen LogP contribution in [0.25, 0.3) is 11.2 Å². The van der Waals surface area contributed by atoms with Crippen molar-refractivity contribution in [1.29, 1.82) is 0 Å². The average molecular weight is 543 g/mol. The van der Waals surface area contributed by atoms with Crippen LogP contribution in [-0.4, -0.2) is 74.4 Å². The molecule has 0 unspecified atom stereocenters. The molecule has 1 aromatic carbocycles. The molecule has 0 fully saturated rings. The van der Waals surface area contributed by atoms with E-state index < -0.39 is 35.6 Å². The predicted octanol–water partition coefficient (Wildman–Crippen LogP) is -0.461. The van der Waals surface area contributed by atoms with Crippen molar-refractivity contribution < 1.29 is 42.1 Å². The van der Waals surface area contributed by atoms with Gasteiger partial charge in [-0.3, -0.25) is 23.9 Å². The fourth-order valence-electron chi connectivity index (χ4n) is 2.74. The fourth-order valence-corrected chi connectivity index (χ4v) is 2.74. The number of fused-ring (bicyclic) bond motifs is 1. The van der Waals surface area contributed by atoms with Gasteiger partial charge in [0.25, 0.3) is 5.56 Å². The minimum Gasteiger partial charge on any atom is -0.475 e. The molecular formula is C21H24F3N7O7. The molecule has 0 aliphatic heterocycles. The van der Waals surface area contributed by atoms with E-state index in [1.165, 1.54) is 10.9 Å². The van der Waals surface area contributed by atoms with Gasteiger partial charge in [-0.1, -0.05) is 30.3 Å². The molecule has 0 spiro atoms. The SMILES string of the molecule is Nc1nc2c(ncn2COCCOC(=O)CNC(=O)[C@@H](N)Cc2ccccc2)c(=O)[nH]1.O=C(O)C(F)(F)F. The Bertz CT molecular complexity index is 1300. The molecular weight excluding hydrogens is 519 g/mol. The Balaban J connectivity index is 0.000000638. The van der Waals surface area contributed by atoms with Gasteiger partial charge in [-0.25, -0.2) is 9.78 Å². The zero-order valence-corrected chi connectivity index (χ0v) is 19.6. The first-order valence-corrected chi connectivity index (χ1v) is 10.7. The molecule has 0 saturated carbocycles. The van der Waals surface area contributed by atoms with Gasteiger partial charge in [-0.2, -0.15) is 18.2 Å². The second-order valence-corrected chi connectivity index (χ2v) is 7.41. The number of nitrogen functional groups attached to an aromatic ring is 1. The van der Waals surface area contributed by atoms with Crippen LogP contribution < -0.4 is 22.3 Å². The van der Waals surface area contributed by atoms with Crippen LogP contribution in [0.15, 0.2) is 41.5 Å². The molecule has 3 rings (SSSR count). The van der Waals surface area contributed by atoms with Crippen molar-refractivity contribution >= 4 is 35.0 Å². The molecule has 1 atom stereocenters. The number of carboxylic acid groups (broad SMARTS) is 1. The first-order valence-electron chi connectivity index (χ1n) is 10.7. The summed E-state index contributed by atoms with van der Waals surface area (Å²) < 4.78 is 43.6. The van der Waals surface area contributed by atoms with Gasteiger partial charge in [0.15, 0.2) is 11.2 Å². The lowest BCUT2D eigenvalue weighted by atomic mass is 10.1. The standard InChI is InChI=1S/C19H23N7O5.C2HF3O2/c20-13(8-12-4-2-1-3-5-12)17(28)22-9-14(27)31-7-6-30-11-26-10-23-15-16(26)24-19(21)25-18(15)29;3-2(4,5)1(6)7/h1-5,10,13H,6-9,11,20H2,(H,22,28)(H3,21,24,25,29);(H,6,7)/t13-;/m0./s1. The van der Waals surface area contributed by atoms with Crippen molar-refractivity contribution in [2.45, 2.75) is 25.4 Å². The van der Waals surface area contributed by atoms with Gasteiger partial charge in [0, 0.05) is 0 Å². The van der Waals surface area contributed by atoms with E-state index in [0.29, 0.717) is 6.42 Å². The number of hydrogen-bond acceptors (Lipinski definition) is 10. The highest BCUT2D eigenvalue weighted by atomic mass is 19.4. The molecule has 206 valence electrons. The number of aliphatic carboxylic acids is 1. The van der Waals surface area contributed by atoms with Crippen molar-refractivity contribution in [2.24, 2.45) is 5.73 Å². The Morgan fingerprint density at radius 1 is 1.18 bits per heavy atom. The lowest BCUT2D eigenvalue weighted by Gasteiger charge is -2.12. The van der Waals surface area contributed by atoms with Gasteiger partial charge >= 0.3 is 18.1 Å². The van der Waals surface area contributed by atoms with E-state index in [-0.39, 0.29) is 43.6 Å². The third kappa shape index (κ3) is 9.51. The number of nitrogens with zero attached hydrogens (tertiary/aromatic N) is 3. The number of carbonyl (C=O) groups excluding carboxylic acids is 2. The first-order chi connectivity index (χ1) is 17.9. The van der Waals surface area contributed by atoms with Gasteiger partial charge < -0.3 is 31.4 Å². The molecule has 1 amide bonds. The third-order valence-electron chi connectivity index (χ3n) is 4.50. The van der Waals surface area contributed by atoms with Crippen molar-refractivity contribution in [2.75, 3.05) is 25.5 Å². The number of nitrogens with one attached hydrogen (secondary N) is 2. The number of esters is 1. The number of benzene rings is 1. The summed E-state index contributed by atoms with van der Waals surface area (Å²) in [5, 5.41) is 9.58. The molecule has 0 radical (unpaired) electrons. The quantitative estimate of drug-likeness (QED) is 0.163. The Labute approximate surface area is 211 Å². The predicted molar refractivity (Wildman–Crippen MR) is 124 cm³/mol. The lowest BCUT2D eigenvalue weighted by molar-refractivity contribution is -0.192. The van der Waals surface area contributed by atoms with E-state index >= 15 is 0 Å². The van der Waals surface area contributed by atoms with Crippen LogP contribution in [0.4, 0.5) is 19.1 Å². The van der Waals surface area contributed by atoms with E-state index in [0.717, 1.165) is 5.56 Å². The van der Waals surface area contributed by atoms with Crippen molar-refractivity contribution in [3.8, 4) is 0 Å². The number of carboxylic acids is 1. The Morgan fingerprint density at radius 2 is 1.84 bits per heavy atom. The minimum absolute atomic E-state index is 0.0203. The number of ether oxygens (including phenoxy) is 2. The minimum atomic E-state index is -5.08. The molecule has 7 N–H and O–H groups in total. The van der Waals surface area contributed by atoms with Crippen LogP contribution >= 0.6 is 0 Å². The highest BCUT2D eigenvalue weighted by molar-refractivity contribution is 5.85. The lowest BCUT2D eigenvalue weighted by Crippen LogP contribution is -2.44. The molecule has 14 nitrogen and oxygen atoms in total. The van der Waals surface area contributed by atoms with Gasteiger partial charge in [0.05, 0.1) is 19.0 Å². The molecule has 0 aliphatic carbocycles. The van der Waals surface area contributed by atoms with E-state index in [9.17, 15) is 27.6 Å². The van der Waals surface area contributed by atoms with Crippen LogP contribution in [0.3, 0.4) is 0 Å². The monoisotopic (exact) mass is 543 g/mol. The number of alkyl halides is 3. The summed E-state index contributed by atoms with van der Waals surface area (Å²) in [6, 6.07) is 8.58. The average Bonchev–Trinajstić information content (AvgIpc) is 3.25. The van der Waals surface area contributed by atoms with Crippen molar-refractivity contribution in [3.05, 3.63) is 52.6 Å². The number of anilines is 1. The number of hydrogen-bond donors (Lipinski definition) is 5. The highest BCUT2D eigenvalue weighted by Crippen LogP contribution is 2.13. The third-order valence-corrected chi connectivity index (χ3v) is 4.50. The number of amides is 1. The highest BCUT2D eigenvalue weighted by Gasteiger charge is 2.38. The smallest absolute Gasteiger partial charge is 0.475 e.